The van der Waals surface area contributed by atoms with E-state index in [4.69, 9.17) is 23.2 Å². The van der Waals surface area contributed by atoms with Crippen molar-refractivity contribution in [2.75, 3.05) is 17.7 Å². The number of carbonyl (C=O) groups excluding carboxylic acids is 2. The number of nitrogens with zero attached hydrogens (tertiary/aromatic N) is 2. The van der Waals surface area contributed by atoms with Crippen molar-refractivity contribution in [3.05, 3.63) is 58.1 Å². The summed E-state index contributed by atoms with van der Waals surface area (Å²) in [5.41, 5.74) is 0.147. The van der Waals surface area contributed by atoms with Gasteiger partial charge in [0.05, 0.1) is 10.6 Å². The first-order valence-corrected chi connectivity index (χ1v) is 11.7. The normalized spacial score (nSPS) is 21.8. The highest BCUT2D eigenvalue weighted by Gasteiger charge is 2.59. The maximum atomic E-state index is 13.5. The van der Waals surface area contributed by atoms with Gasteiger partial charge in [-0.15, -0.1) is 0 Å². The molecular weight excluding hydrogens is 435 g/mol. The number of hydrogen-bond acceptors (Lipinski definition) is 4. The lowest BCUT2D eigenvalue weighted by Crippen LogP contribution is -2.47. The topological polar surface area (TPSA) is 74.8 Å². The van der Waals surface area contributed by atoms with E-state index in [-0.39, 0.29) is 10.8 Å². The molecule has 1 atom stereocenters. The van der Waals surface area contributed by atoms with Crippen LogP contribution in [0, 0.1) is 0 Å². The van der Waals surface area contributed by atoms with Gasteiger partial charge >= 0.3 is 6.03 Å². The molecule has 0 N–H and O–H groups in total. The molecule has 2 saturated heterocycles. The Morgan fingerprint density at radius 2 is 1.66 bits per heavy atom. The van der Waals surface area contributed by atoms with E-state index in [0.29, 0.717) is 35.1 Å². The molecule has 2 aromatic carbocycles. The number of urea groups is 1. The molecule has 0 saturated carbocycles. The lowest BCUT2D eigenvalue weighted by Gasteiger charge is -2.28. The van der Waals surface area contributed by atoms with Gasteiger partial charge in [-0.05, 0) is 48.7 Å². The third-order valence-corrected chi connectivity index (χ3v) is 7.03. The lowest BCUT2D eigenvalue weighted by molar-refractivity contribution is -0.123. The number of rotatable bonds is 4. The minimum atomic E-state index is -3.30. The number of amides is 3. The lowest BCUT2D eigenvalue weighted by atomic mass is 9.88. The van der Waals surface area contributed by atoms with Gasteiger partial charge in [0.2, 0.25) is 0 Å². The van der Waals surface area contributed by atoms with Crippen LogP contribution in [0.15, 0.2) is 47.4 Å². The zero-order chi connectivity index (χ0) is 21.0. The summed E-state index contributed by atoms with van der Waals surface area (Å²) in [6.07, 6.45) is 2.72. The van der Waals surface area contributed by atoms with E-state index in [1.54, 1.807) is 29.2 Å². The molecule has 6 nitrogen and oxygen atoms in total. The van der Waals surface area contributed by atoms with E-state index < -0.39 is 21.4 Å². The summed E-state index contributed by atoms with van der Waals surface area (Å²) in [5.74, 6) is -0.314. The van der Waals surface area contributed by atoms with Gasteiger partial charge in [0.15, 0.2) is 9.84 Å². The number of halogens is 2. The average Bonchev–Trinajstić information content (AvgIpc) is 3.12. The predicted octanol–water partition coefficient (Wildman–Crippen LogP) is 3.94. The second kappa shape index (κ2) is 7.00. The Labute approximate surface area is 178 Å². The Bertz CT molecular complexity index is 1100. The molecular formula is C20H18Cl2N2O4S. The highest BCUT2D eigenvalue weighted by molar-refractivity contribution is 7.90. The fourth-order valence-electron chi connectivity index (χ4n) is 4.14. The largest absolute Gasteiger partial charge is 0.332 e. The molecule has 2 heterocycles. The van der Waals surface area contributed by atoms with Gasteiger partial charge in [-0.1, -0.05) is 35.3 Å². The Balaban J connectivity index is 1.70. The molecule has 0 aromatic heterocycles. The summed E-state index contributed by atoms with van der Waals surface area (Å²) in [4.78, 5) is 29.5. The van der Waals surface area contributed by atoms with Crippen molar-refractivity contribution in [1.29, 1.82) is 0 Å². The molecule has 0 radical (unpaired) electrons. The van der Waals surface area contributed by atoms with Crippen LogP contribution in [-0.4, -0.2) is 43.6 Å². The zero-order valence-electron chi connectivity index (χ0n) is 15.6. The van der Waals surface area contributed by atoms with Gasteiger partial charge in [0.25, 0.3) is 5.91 Å². The van der Waals surface area contributed by atoms with E-state index in [0.717, 1.165) is 23.1 Å². The van der Waals surface area contributed by atoms with Crippen LogP contribution in [0.25, 0.3) is 0 Å². The SMILES string of the molecule is CS(=O)(=O)c1ccc(CC23CCCN2C(=O)N(c2cc(Cl)cc(Cl)c2)C3=O)cc1. The van der Waals surface area contributed by atoms with Crippen molar-refractivity contribution in [2.24, 2.45) is 0 Å². The Kier molecular flexibility index (Phi) is 4.88. The molecule has 2 aliphatic rings. The summed E-state index contributed by atoms with van der Waals surface area (Å²) in [7, 11) is -3.30. The molecule has 0 aliphatic carbocycles. The van der Waals surface area contributed by atoms with Gasteiger partial charge in [-0.25, -0.2) is 18.1 Å². The van der Waals surface area contributed by atoms with Crippen molar-refractivity contribution in [2.45, 2.75) is 29.7 Å². The van der Waals surface area contributed by atoms with Crippen molar-refractivity contribution < 1.29 is 18.0 Å². The van der Waals surface area contributed by atoms with Crippen molar-refractivity contribution in [3.63, 3.8) is 0 Å². The predicted molar refractivity (Wildman–Crippen MR) is 111 cm³/mol. The van der Waals surface area contributed by atoms with Gasteiger partial charge in [-0.2, -0.15) is 0 Å². The number of carbonyl (C=O) groups is 2. The van der Waals surface area contributed by atoms with E-state index in [1.807, 2.05) is 0 Å². The molecule has 152 valence electrons. The highest BCUT2D eigenvalue weighted by Crippen LogP contribution is 2.43. The molecule has 29 heavy (non-hydrogen) atoms. The molecule has 2 aromatic rings. The highest BCUT2D eigenvalue weighted by atomic mass is 35.5. The molecule has 4 rings (SSSR count). The van der Waals surface area contributed by atoms with Crippen LogP contribution in [0.4, 0.5) is 10.5 Å². The maximum Gasteiger partial charge on any atom is 0.332 e. The minimum absolute atomic E-state index is 0.214. The second-order valence-electron chi connectivity index (χ2n) is 7.43. The Morgan fingerprint density at radius 1 is 1.03 bits per heavy atom. The van der Waals surface area contributed by atoms with Gasteiger partial charge in [-0.3, -0.25) is 4.79 Å². The smallest absolute Gasteiger partial charge is 0.309 e. The summed E-state index contributed by atoms with van der Waals surface area (Å²) in [6, 6.07) is 10.7. The van der Waals surface area contributed by atoms with Crippen molar-refractivity contribution in [1.82, 2.24) is 4.90 Å². The minimum Gasteiger partial charge on any atom is -0.309 e. The van der Waals surface area contributed by atoms with Gasteiger partial charge in [0, 0.05) is 29.3 Å². The van der Waals surface area contributed by atoms with Crippen LogP contribution in [0.5, 0.6) is 0 Å². The van der Waals surface area contributed by atoms with E-state index >= 15 is 0 Å². The first kappa shape index (κ1) is 20.2. The number of benzene rings is 2. The molecule has 9 heteroatoms. The molecule has 2 aliphatic heterocycles. The first-order valence-electron chi connectivity index (χ1n) is 9.03. The van der Waals surface area contributed by atoms with Crippen LogP contribution in [-0.2, 0) is 21.1 Å². The number of hydrogen-bond donors (Lipinski definition) is 0. The van der Waals surface area contributed by atoms with Crippen molar-refractivity contribution >= 4 is 50.7 Å². The zero-order valence-corrected chi connectivity index (χ0v) is 17.9. The van der Waals surface area contributed by atoms with E-state index in [2.05, 4.69) is 0 Å². The quantitative estimate of drug-likeness (QED) is 0.658. The fourth-order valence-corrected chi connectivity index (χ4v) is 5.29. The Hall–Kier alpha value is -2.09. The van der Waals surface area contributed by atoms with Gasteiger partial charge in [0.1, 0.15) is 5.54 Å². The third-order valence-electron chi connectivity index (χ3n) is 5.47. The molecule has 0 bridgehead atoms. The second-order valence-corrected chi connectivity index (χ2v) is 10.3. The monoisotopic (exact) mass is 452 g/mol. The van der Waals surface area contributed by atoms with Crippen LogP contribution in [0.2, 0.25) is 10.0 Å². The van der Waals surface area contributed by atoms with Gasteiger partial charge < -0.3 is 4.90 Å². The molecule has 2 fully saturated rings. The van der Waals surface area contributed by atoms with E-state index in [1.165, 1.54) is 18.2 Å². The first-order chi connectivity index (χ1) is 13.6. The number of imide groups is 1. The van der Waals surface area contributed by atoms with Crippen LogP contribution < -0.4 is 4.90 Å². The third kappa shape index (κ3) is 3.41. The van der Waals surface area contributed by atoms with E-state index in [9.17, 15) is 18.0 Å². The maximum absolute atomic E-state index is 13.5. The fraction of sp³-hybridized carbons (Fsp3) is 0.300. The number of sulfone groups is 1. The van der Waals surface area contributed by atoms with Crippen LogP contribution in [0.1, 0.15) is 18.4 Å². The van der Waals surface area contributed by atoms with Crippen molar-refractivity contribution in [3.8, 4) is 0 Å². The summed E-state index contributed by atoms with van der Waals surface area (Å²) in [6.45, 7) is 0.483. The number of anilines is 1. The number of fused-ring (bicyclic) bond motifs is 1. The Morgan fingerprint density at radius 3 is 2.24 bits per heavy atom. The summed E-state index contributed by atoms with van der Waals surface area (Å²) >= 11 is 12.1. The molecule has 3 amide bonds. The standard InChI is InChI=1S/C20H18Cl2N2O4S/c1-29(27,28)17-5-3-13(4-6-17)12-20-7-2-8-23(20)19(26)24(18(20)25)16-10-14(21)9-15(22)11-16/h3-6,9-11H,2,7-8,12H2,1H3. The summed E-state index contributed by atoms with van der Waals surface area (Å²) in [5, 5.41) is 0.677. The van der Waals surface area contributed by atoms with Crippen LogP contribution >= 0.6 is 23.2 Å². The molecule has 0 spiro atoms. The average molecular weight is 453 g/mol. The molecule has 1 unspecified atom stereocenters. The van der Waals surface area contributed by atoms with Crippen LogP contribution in [0.3, 0.4) is 0 Å². The summed E-state index contributed by atoms with van der Waals surface area (Å²) < 4.78 is 23.4.